The van der Waals surface area contributed by atoms with Gasteiger partial charge in [-0.3, -0.25) is 0 Å². The zero-order valence-electron chi connectivity index (χ0n) is 10.0. The van der Waals surface area contributed by atoms with Crippen molar-refractivity contribution < 1.29 is 4.74 Å². The first-order chi connectivity index (χ1) is 8.33. The molecule has 2 nitrogen and oxygen atoms in total. The summed E-state index contributed by atoms with van der Waals surface area (Å²) in [6, 6.07) is 8.80. The van der Waals surface area contributed by atoms with E-state index < -0.39 is 0 Å². The summed E-state index contributed by atoms with van der Waals surface area (Å²) in [4.78, 5) is 1.46. The van der Waals surface area contributed by atoms with E-state index in [1.807, 2.05) is 11.8 Å². The number of rotatable bonds is 3. The Bertz CT molecular complexity index is 401. The van der Waals surface area contributed by atoms with Crippen molar-refractivity contribution in [3.8, 4) is 0 Å². The van der Waals surface area contributed by atoms with Gasteiger partial charge in [0.15, 0.2) is 0 Å². The lowest BCUT2D eigenvalue weighted by Gasteiger charge is -2.28. The molecule has 2 unspecified atom stereocenters. The second-order valence-electron chi connectivity index (χ2n) is 5.26. The second kappa shape index (κ2) is 4.63. The van der Waals surface area contributed by atoms with Gasteiger partial charge in [-0.25, -0.2) is 0 Å². The molecule has 0 aliphatic carbocycles. The van der Waals surface area contributed by atoms with Crippen molar-refractivity contribution in [1.82, 2.24) is 0 Å². The third-order valence-electron chi connectivity index (χ3n) is 4.10. The Kier molecular flexibility index (Phi) is 3.16. The highest BCUT2D eigenvalue weighted by atomic mass is 32.2. The number of hydrogen-bond acceptors (Lipinski definition) is 3. The topological polar surface area (TPSA) is 35.2 Å². The van der Waals surface area contributed by atoms with Gasteiger partial charge in [0, 0.05) is 29.2 Å². The number of nitrogens with two attached hydrogens (primary N) is 1. The van der Waals surface area contributed by atoms with Gasteiger partial charge in [-0.2, -0.15) is 0 Å². The van der Waals surface area contributed by atoms with Gasteiger partial charge in [-0.05, 0) is 30.4 Å². The van der Waals surface area contributed by atoms with E-state index >= 15 is 0 Å². The maximum absolute atomic E-state index is 5.98. The van der Waals surface area contributed by atoms with Crippen molar-refractivity contribution >= 4 is 11.8 Å². The van der Waals surface area contributed by atoms with Gasteiger partial charge in [0.2, 0.25) is 0 Å². The molecule has 3 heteroatoms. The van der Waals surface area contributed by atoms with Crippen LogP contribution in [0.1, 0.15) is 24.3 Å². The molecule has 2 aliphatic rings. The van der Waals surface area contributed by atoms with Crippen molar-refractivity contribution in [3.63, 3.8) is 0 Å². The molecule has 92 valence electrons. The highest BCUT2D eigenvalue weighted by Gasteiger charge is 2.38. The molecule has 0 aromatic heterocycles. The molecule has 1 aromatic carbocycles. The van der Waals surface area contributed by atoms with Crippen LogP contribution in [0.4, 0.5) is 0 Å². The fourth-order valence-corrected chi connectivity index (χ4v) is 4.23. The molecular formula is C14H19NOS. The minimum absolute atomic E-state index is 0.239. The Hall–Kier alpha value is -0.510. The Morgan fingerprint density at radius 2 is 2.29 bits per heavy atom. The third kappa shape index (κ3) is 2.12. The van der Waals surface area contributed by atoms with Crippen LogP contribution in [0, 0.1) is 5.41 Å². The van der Waals surface area contributed by atoms with Crippen LogP contribution < -0.4 is 5.73 Å². The molecule has 2 atom stereocenters. The summed E-state index contributed by atoms with van der Waals surface area (Å²) in [6.07, 6.45) is 2.32. The molecule has 1 saturated heterocycles. The summed E-state index contributed by atoms with van der Waals surface area (Å²) < 4.78 is 5.56. The lowest BCUT2D eigenvalue weighted by atomic mass is 9.77. The SMILES string of the molecule is NCC1(CC2CSc3ccccc32)CCOC1. The van der Waals surface area contributed by atoms with Crippen LogP contribution in [-0.4, -0.2) is 25.5 Å². The standard InChI is InChI=1S/C14H19NOS/c15-9-14(5-6-16-10-14)7-11-8-17-13-4-2-1-3-12(11)13/h1-4,11H,5-10,15H2. The molecule has 1 aromatic rings. The minimum Gasteiger partial charge on any atom is -0.381 e. The average molecular weight is 249 g/mol. The first-order valence-corrected chi connectivity index (χ1v) is 7.31. The summed E-state index contributed by atoms with van der Waals surface area (Å²) in [5.74, 6) is 1.88. The minimum atomic E-state index is 0.239. The number of fused-ring (bicyclic) bond motifs is 1. The van der Waals surface area contributed by atoms with Crippen LogP contribution >= 0.6 is 11.8 Å². The van der Waals surface area contributed by atoms with Gasteiger partial charge in [0.25, 0.3) is 0 Å². The number of hydrogen-bond donors (Lipinski definition) is 1. The van der Waals surface area contributed by atoms with Crippen LogP contribution in [0.5, 0.6) is 0 Å². The van der Waals surface area contributed by atoms with E-state index in [0.717, 1.165) is 26.2 Å². The quantitative estimate of drug-likeness (QED) is 0.894. The predicted molar refractivity (Wildman–Crippen MR) is 71.4 cm³/mol. The Labute approximate surface area is 107 Å². The lowest BCUT2D eigenvalue weighted by molar-refractivity contribution is 0.146. The van der Waals surface area contributed by atoms with Crippen LogP contribution in [0.15, 0.2) is 29.2 Å². The van der Waals surface area contributed by atoms with Crippen molar-refractivity contribution in [1.29, 1.82) is 0 Å². The third-order valence-corrected chi connectivity index (χ3v) is 5.35. The molecule has 0 bridgehead atoms. The first kappa shape index (κ1) is 11.6. The van der Waals surface area contributed by atoms with Gasteiger partial charge in [0.05, 0.1) is 6.61 Å². The summed E-state index contributed by atoms with van der Waals surface area (Å²) >= 11 is 1.99. The summed E-state index contributed by atoms with van der Waals surface area (Å²) in [6.45, 7) is 2.50. The molecule has 2 aliphatic heterocycles. The van der Waals surface area contributed by atoms with Gasteiger partial charge in [0.1, 0.15) is 0 Å². The summed E-state index contributed by atoms with van der Waals surface area (Å²) in [5, 5.41) is 0. The zero-order valence-corrected chi connectivity index (χ0v) is 10.8. The first-order valence-electron chi connectivity index (χ1n) is 6.33. The van der Waals surface area contributed by atoms with Crippen LogP contribution in [-0.2, 0) is 4.74 Å². The molecule has 0 amide bonds. The van der Waals surface area contributed by atoms with E-state index in [0.29, 0.717) is 5.92 Å². The van der Waals surface area contributed by atoms with Crippen LogP contribution in [0.2, 0.25) is 0 Å². The van der Waals surface area contributed by atoms with Crippen LogP contribution in [0.25, 0.3) is 0 Å². The molecule has 0 spiro atoms. The lowest BCUT2D eigenvalue weighted by Crippen LogP contribution is -2.32. The Morgan fingerprint density at radius 3 is 3.06 bits per heavy atom. The molecule has 1 fully saturated rings. The van der Waals surface area contributed by atoms with Crippen molar-refractivity contribution in [2.45, 2.75) is 23.7 Å². The van der Waals surface area contributed by atoms with Gasteiger partial charge in [-0.1, -0.05) is 18.2 Å². The summed E-state index contributed by atoms with van der Waals surface area (Å²) in [7, 11) is 0. The second-order valence-corrected chi connectivity index (χ2v) is 6.32. The fraction of sp³-hybridized carbons (Fsp3) is 0.571. The van der Waals surface area contributed by atoms with Gasteiger partial charge >= 0.3 is 0 Å². The fourth-order valence-electron chi connectivity index (χ4n) is 2.98. The molecule has 17 heavy (non-hydrogen) atoms. The Morgan fingerprint density at radius 1 is 1.41 bits per heavy atom. The van der Waals surface area contributed by atoms with E-state index in [-0.39, 0.29) is 5.41 Å². The maximum atomic E-state index is 5.98. The maximum Gasteiger partial charge on any atom is 0.0535 e. The van der Waals surface area contributed by atoms with Crippen molar-refractivity contribution in [3.05, 3.63) is 29.8 Å². The molecule has 2 heterocycles. The van der Waals surface area contributed by atoms with E-state index in [1.165, 1.54) is 22.6 Å². The highest BCUT2D eigenvalue weighted by Crippen LogP contribution is 2.46. The smallest absolute Gasteiger partial charge is 0.0535 e. The molecule has 3 rings (SSSR count). The number of ether oxygens (including phenoxy) is 1. The highest BCUT2D eigenvalue weighted by molar-refractivity contribution is 7.99. The predicted octanol–water partition coefficient (Wildman–Crippen LogP) is 2.63. The molecule has 0 saturated carbocycles. The molecule has 2 N–H and O–H groups in total. The monoisotopic (exact) mass is 249 g/mol. The largest absolute Gasteiger partial charge is 0.381 e. The molecule has 0 radical (unpaired) electrons. The van der Waals surface area contributed by atoms with E-state index in [9.17, 15) is 0 Å². The zero-order chi connectivity index (χ0) is 11.7. The van der Waals surface area contributed by atoms with Gasteiger partial charge < -0.3 is 10.5 Å². The normalized spacial score (nSPS) is 31.7. The number of benzene rings is 1. The van der Waals surface area contributed by atoms with Gasteiger partial charge in [-0.15, -0.1) is 11.8 Å². The average Bonchev–Trinajstić information content (AvgIpc) is 2.99. The number of thioether (sulfide) groups is 1. The van der Waals surface area contributed by atoms with Crippen LogP contribution in [0.3, 0.4) is 0 Å². The molecular weight excluding hydrogens is 230 g/mol. The van der Waals surface area contributed by atoms with Crippen molar-refractivity contribution in [2.75, 3.05) is 25.5 Å². The van der Waals surface area contributed by atoms with E-state index in [2.05, 4.69) is 24.3 Å². The van der Waals surface area contributed by atoms with E-state index in [4.69, 9.17) is 10.5 Å². The van der Waals surface area contributed by atoms with E-state index in [1.54, 1.807) is 0 Å². The Balaban J connectivity index is 1.79. The summed E-state index contributed by atoms with van der Waals surface area (Å²) in [5.41, 5.74) is 7.74. The van der Waals surface area contributed by atoms with Crippen molar-refractivity contribution in [2.24, 2.45) is 11.1 Å².